The molecule has 0 bridgehead atoms. The van der Waals surface area contributed by atoms with Gasteiger partial charge in [-0.1, -0.05) is 12.1 Å². The first-order valence-corrected chi connectivity index (χ1v) is 8.40. The first kappa shape index (κ1) is 20.3. The van der Waals surface area contributed by atoms with Gasteiger partial charge < -0.3 is 15.4 Å². The van der Waals surface area contributed by atoms with Crippen LogP contribution in [0.25, 0.3) is 0 Å². The average Bonchev–Trinajstić information content (AvgIpc) is 2.77. The summed E-state index contributed by atoms with van der Waals surface area (Å²) in [6.45, 7) is 5.53. The van der Waals surface area contributed by atoms with Crippen LogP contribution in [0.15, 0.2) is 24.3 Å². The third kappa shape index (κ3) is 4.81. The first-order valence-electron chi connectivity index (χ1n) is 8.40. The number of nitrogens with one attached hydrogen (secondary N) is 2. The van der Waals surface area contributed by atoms with E-state index in [-0.39, 0.29) is 5.82 Å². The van der Waals surface area contributed by atoms with E-state index < -0.39 is 48.0 Å². The summed E-state index contributed by atoms with van der Waals surface area (Å²) in [6, 6.07) is 4.52. The lowest BCUT2D eigenvalue weighted by Gasteiger charge is -2.19. The first-order chi connectivity index (χ1) is 12.5. The van der Waals surface area contributed by atoms with Gasteiger partial charge in [0.15, 0.2) is 6.10 Å². The number of amides is 4. The number of urea groups is 1. The van der Waals surface area contributed by atoms with Crippen LogP contribution in [0.3, 0.4) is 0 Å². The molecule has 1 saturated heterocycles. The third-order valence-electron chi connectivity index (χ3n) is 4.14. The highest BCUT2D eigenvalue weighted by Crippen LogP contribution is 2.17. The molecule has 0 saturated carbocycles. The summed E-state index contributed by atoms with van der Waals surface area (Å²) in [5.74, 6) is -2.37. The van der Waals surface area contributed by atoms with Crippen molar-refractivity contribution in [3.63, 3.8) is 0 Å². The summed E-state index contributed by atoms with van der Waals surface area (Å²) >= 11 is 0. The molecule has 9 heteroatoms. The van der Waals surface area contributed by atoms with Crippen LogP contribution in [0, 0.1) is 5.82 Å². The number of carbonyl (C=O) groups is 4. The Morgan fingerprint density at radius 3 is 2.33 bits per heavy atom. The smallest absolute Gasteiger partial charge is 0.327 e. The predicted octanol–water partition coefficient (Wildman–Crippen LogP) is 1.26. The lowest BCUT2D eigenvalue weighted by atomic mass is 10.1. The number of hydrogen-bond acceptors (Lipinski definition) is 5. The molecule has 8 nitrogen and oxygen atoms in total. The van der Waals surface area contributed by atoms with E-state index in [0.717, 1.165) is 4.90 Å². The minimum Gasteiger partial charge on any atom is -0.451 e. The number of rotatable bonds is 6. The Labute approximate surface area is 156 Å². The molecule has 1 aliphatic rings. The van der Waals surface area contributed by atoms with Crippen molar-refractivity contribution in [2.24, 2.45) is 0 Å². The van der Waals surface area contributed by atoms with Crippen LogP contribution in [-0.2, 0) is 19.1 Å². The molecule has 1 aliphatic heterocycles. The molecule has 27 heavy (non-hydrogen) atoms. The Kier molecular flexibility index (Phi) is 5.82. The van der Waals surface area contributed by atoms with Crippen molar-refractivity contribution >= 4 is 23.8 Å². The van der Waals surface area contributed by atoms with Crippen LogP contribution >= 0.6 is 0 Å². The molecular weight excluding hydrogens is 357 g/mol. The van der Waals surface area contributed by atoms with E-state index in [1.807, 2.05) is 0 Å². The fourth-order valence-corrected chi connectivity index (χ4v) is 2.54. The van der Waals surface area contributed by atoms with Crippen LogP contribution in [0.1, 0.15) is 39.3 Å². The van der Waals surface area contributed by atoms with E-state index in [2.05, 4.69) is 10.6 Å². The highest BCUT2D eigenvalue weighted by Gasteiger charge is 2.45. The third-order valence-corrected chi connectivity index (χ3v) is 4.14. The van der Waals surface area contributed by atoms with Crippen molar-refractivity contribution in [3.05, 3.63) is 35.6 Å². The molecule has 2 unspecified atom stereocenters. The van der Waals surface area contributed by atoms with Gasteiger partial charge in [-0.3, -0.25) is 19.3 Å². The molecular formula is C18H22FN3O5. The van der Waals surface area contributed by atoms with Gasteiger partial charge in [-0.15, -0.1) is 0 Å². The molecule has 0 aliphatic carbocycles. The molecule has 2 atom stereocenters. The number of nitrogens with zero attached hydrogens (tertiary/aromatic N) is 1. The van der Waals surface area contributed by atoms with E-state index in [1.54, 1.807) is 6.92 Å². The van der Waals surface area contributed by atoms with Crippen LogP contribution in [0.5, 0.6) is 0 Å². The summed E-state index contributed by atoms with van der Waals surface area (Å²) in [7, 11) is 0. The lowest BCUT2D eigenvalue weighted by molar-refractivity contribution is -0.156. The number of ether oxygens (including phenoxy) is 1. The quantitative estimate of drug-likeness (QED) is 0.572. The van der Waals surface area contributed by atoms with E-state index in [9.17, 15) is 23.6 Å². The van der Waals surface area contributed by atoms with Gasteiger partial charge >= 0.3 is 12.0 Å². The number of carbonyl (C=O) groups excluding carboxylic acids is 4. The van der Waals surface area contributed by atoms with Gasteiger partial charge in [0.1, 0.15) is 17.9 Å². The predicted molar refractivity (Wildman–Crippen MR) is 92.8 cm³/mol. The number of benzene rings is 1. The fourth-order valence-electron chi connectivity index (χ4n) is 2.54. The van der Waals surface area contributed by atoms with E-state index in [4.69, 9.17) is 4.74 Å². The maximum Gasteiger partial charge on any atom is 0.327 e. The second kappa shape index (κ2) is 7.73. The van der Waals surface area contributed by atoms with Gasteiger partial charge in [0, 0.05) is 0 Å². The molecule has 0 spiro atoms. The van der Waals surface area contributed by atoms with Crippen molar-refractivity contribution in [1.82, 2.24) is 15.5 Å². The molecule has 0 aromatic heterocycles. The second-order valence-electron chi connectivity index (χ2n) is 6.86. The monoisotopic (exact) mass is 379 g/mol. The normalized spacial score (nSPS) is 17.9. The Morgan fingerprint density at radius 1 is 1.22 bits per heavy atom. The van der Waals surface area contributed by atoms with Crippen LogP contribution in [0.2, 0.25) is 0 Å². The van der Waals surface area contributed by atoms with Gasteiger partial charge in [0.2, 0.25) is 0 Å². The minimum atomic E-state index is -1.13. The van der Waals surface area contributed by atoms with Crippen molar-refractivity contribution in [2.45, 2.75) is 45.4 Å². The minimum absolute atomic E-state index is 0.386. The molecule has 2 N–H and O–H groups in total. The van der Waals surface area contributed by atoms with Crippen LogP contribution < -0.4 is 10.6 Å². The van der Waals surface area contributed by atoms with Gasteiger partial charge in [0.25, 0.3) is 11.8 Å². The summed E-state index contributed by atoms with van der Waals surface area (Å²) in [6.07, 6.45) is -1.13. The molecule has 1 fully saturated rings. The Morgan fingerprint density at radius 2 is 1.81 bits per heavy atom. The zero-order chi connectivity index (χ0) is 20.4. The zero-order valence-corrected chi connectivity index (χ0v) is 15.5. The zero-order valence-electron chi connectivity index (χ0n) is 15.5. The van der Waals surface area contributed by atoms with Crippen molar-refractivity contribution in [3.8, 4) is 0 Å². The largest absolute Gasteiger partial charge is 0.451 e. The standard InChI is InChI=1S/C18H22FN3O5/c1-10(12-5-7-13(19)8-6-12)20-15(24)11(2)27-14(23)9-22-16(25)18(3,4)21-17(22)26/h5-8,10-11H,9H2,1-4H3,(H,20,24)(H,21,26). The van der Waals surface area contributed by atoms with E-state index in [1.165, 1.54) is 45.0 Å². The highest BCUT2D eigenvalue weighted by atomic mass is 19.1. The Bertz CT molecular complexity index is 763. The summed E-state index contributed by atoms with van der Waals surface area (Å²) in [5, 5.41) is 5.09. The topological polar surface area (TPSA) is 105 Å². The van der Waals surface area contributed by atoms with Gasteiger partial charge in [0.05, 0.1) is 6.04 Å². The molecule has 0 radical (unpaired) electrons. The SMILES string of the molecule is CC(OC(=O)CN1C(=O)NC(C)(C)C1=O)C(=O)NC(C)c1ccc(F)cc1. The fraction of sp³-hybridized carbons (Fsp3) is 0.444. The maximum atomic E-state index is 13.0. The molecule has 146 valence electrons. The van der Waals surface area contributed by atoms with Crippen molar-refractivity contribution in [2.75, 3.05) is 6.54 Å². The molecule has 1 heterocycles. The van der Waals surface area contributed by atoms with E-state index in [0.29, 0.717) is 5.56 Å². The van der Waals surface area contributed by atoms with Crippen LogP contribution in [0.4, 0.5) is 9.18 Å². The lowest BCUT2D eigenvalue weighted by Crippen LogP contribution is -2.42. The second-order valence-corrected chi connectivity index (χ2v) is 6.86. The maximum absolute atomic E-state index is 13.0. The van der Waals surface area contributed by atoms with Gasteiger partial charge in [-0.25, -0.2) is 9.18 Å². The van der Waals surface area contributed by atoms with Crippen molar-refractivity contribution < 1.29 is 28.3 Å². The molecule has 1 aromatic rings. The number of imide groups is 1. The highest BCUT2D eigenvalue weighted by molar-refractivity contribution is 6.08. The number of esters is 1. The Hall–Kier alpha value is -2.97. The molecule has 2 rings (SSSR count). The van der Waals surface area contributed by atoms with Crippen molar-refractivity contribution in [1.29, 1.82) is 0 Å². The average molecular weight is 379 g/mol. The summed E-state index contributed by atoms with van der Waals surface area (Å²) < 4.78 is 18.0. The van der Waals surface area contributed by atoms with Gasteiger partial charge in [-0.2, -0.15) is 0 Å². The summed E-state index contributed by atoms with van der Waals surface area (Å²) in [4.78, 5) is 48.7. The van der Waals surface area contributed by atoms with Crippen LogP contribution in [-0.4, -0.2) is 46.9 Å². The van der Waals surface area contributed by atoms with Gasteiger partial charge in [-0.05, 0) is 45.4 Å². The van der Waals surface area contributed by atoms with E-state index >= 15 is 0 Å². The number of hydrogen-bond donors (Lipinski definition) is 2. The summed E-state index contributed by atoms with van der Waals surface area (Å²) in [5.41, 5.74) is -0.407. The Balaban J connectivity index is 1.88. The molecule has 1 aromatic carbocycles. The molecule has 4 amide bonds. The number of halogens is 1.